The van der Waals surface area contributed by atoms with Crippen molar-refractivity contribution in [2.75, 3.05) is 32.8 Å². The highest BCUT2D eigenvalue weighted by Crippen LogP contribution is 2.42. The van der Waals surface area contributed by atoms with Gasteiger partial charge in [0, 0.05) is 38.3 Å². The maximum atomic E-state index is 13.0. The minimum absolute atomic E-state index is 0.0248. The molecule has 2 amide bonds. The van der Waals surface area contributed by atoms with Crippen molar-refractivity contribution in [3.8, 4) is 11.3 Å². The Labute approximate surface area is 237 Å². The van der Waals surface area contributed by atoms with E-state index < -0.39 is 0 Å². The first-order valence-corrected chi connectivity index (χ1v) is 14.8. The molecule has 3 heterocycles. The molecule has 2 aliphatic rings. The predicted octanol–water partition coefficient (Wildman–Crippen LogP) is 4.64. The second kappa shape index (κ2) is 14.4. The number of furan rings is 1. The van der Waals surface area contributed by atoms with E-state index in [1.54, 1.807) is 19.2 Å². The minimum atomic E-state index is -0.275. The smallest absolute Gasteiger partial charge is 0.307 e. The lowest BCUT2D eigenvalue weighted by Gasteiger charge is -2.40. The maximum Gasteiger partial charge on any atom is 0.307 e. The van der Waals surface area contributed by atoms with Crippen molar-refractivity contribution in [1.82, 2.24) is 20.5 Å². The van der Waals surface area contributed by atoms with Gasteiger partial charge in [-0.05, 0) is 75.6 Å². The van der Waals surface area contributed by atoms with Crippen LogP contribution in [0.2, 0.25) is 0 Å². The van der Waals surface area contributed by atoms with Crippen molar-refractivity contribution in [2.24, 2.45) is 5.41 Å². The average molecular weight is 553 g/mol. The van der Waals surface area contributed by atoms with E-state index in [2.05, 4.69) is 20.5 Å². The Balaban J connectivity index is 1.23. The molecule has 2 aromatic heterocycles. The number of nitrogens with zero attached hydrogens (tertiary/aromatic N) is 2. The molecule has 0 unspecified atom stereocenters. The zero-order valence-corrected chi connectivity index (χ0v) is 24.0. The Bertz CT molecular complexity index is 1120. The van der Waals surface area contributed by atoms with Crippen LogP contribution in [0.25, 0.3) is 11.3 Å². The molecule has 0 radical (unpaired) electrons. The van der Waals surface area contributed by atoms with Gasteiger partial charge in [0.05, 0.1) is 30.5 Å². The SMILES string of the molecule is CCOC(=O)CCNC(=O)CC1(CCN2CCC(NC(=O)c3occc3-c3ccc(C)cn3)CC2)CCCCC1. The van der Waals surface area contributed by atoms with Crippen molar-refractivity contribution >= 4 is 17.8 Å². The summed E-state index contributed by atoms with van der Waals surface area (Å²) in [6, 6.07) is 5.77. The molecule has 0 aromatic carbocycles. The highest BCUT2D eigenvalue weighted by Gasteiger charge is 2.35. The highest BCUT2D eigenvalue weighted by atomic mass is 16.5. The second-order valence-electron chi connectivity index (χ2n) is 11.4. The number of hydrogen-bond donors (Lipinski definition) is 2. The number of likely N-dealkylation sites (tertiary alicyclic amines) is 1. The first-order valence-electron chi connectivity index (χ1n) is 14.8. The van der Waals surface area contributed by atoms with Crippen molar-refractivity contribution in [2.45, 2.75) is 84.1 Å². The van der Waals surface area contributed by atoms with Gasteiger partial charge in [0.2, 0.25) is 11.7 Å². The summed E-state index contributed by atoms with van der Waals surface area (Å²) < 4.78 is 10.5. The summed E-state index contributed by atoms with van der Waals surface area (Å²) in [5, 5.41) is 6.09. The molecule has 9 heteroatoms. The number of ether oxygens (including phenoxy) is 1. The maximum absolute atomic E-state index is 13.0. The third kappa shape index (κ3) is 8.40. The molecule has 1 aliphatic carbocycles. The highest BCUT2D eigenvalue weighted by molar-refractivity contribution is 5.97. The van der Waals surface area contributed by atoms with E-state index >= 15 is 0 Å². The van der Waals surface area contributed by atoms with Gasteiger partial charge in [0.25, 0.3) is 5.91 Å². The molecule has 1 aliphatic heterocycles. The topological polar surface area (TPSA) is 114 Å². The molecule has 9 nitrogen and oxygen atoms in total. The molecule has 2 fully saturated rings. The molecule has 0 atom stereocenters. The standard InChI is InChI=1S/C31H44N4O5/c1-3-39-28(37)9-16-32-27(36)21-31(13-5-4-6-14-31)15-19-35-17-10-24(11-18-35)34-30(38)29-25(12-20-40-29)26-8-7-23(2)22-33-26/h7-8,12,20,22,24H,3-6,9-11,13-19,21H2,1-2H3,(H,32,36)(H,34,38). The third-order valence-corrected chi connectivity index (χ3v) is 8.35. The van der Waals surface area contributed by atoms with Gasteiger partial charge in [-0.2, -0.15) is 0 Å². The van der Waals surface area contributed by atoms with Crippen molar-refractivity contribution in [3.63, 3.8) is 0 Å². The molecular weight excluding hydrogens is 508 g/mol. The fraction of sp³-hybridized carbons (Fsp3) is 0.613. The Kier molecular flexibility index (Phi) is 10.7. The number of carbonyl (C=O) groups is 3. The van der Waals surface area contributed by atoms with E-state index in [0.717, 1.165) is 75.8 Å². The number of piperidine rings is 1. The molecule has 0 bridgehead atoms. The van der Waals surface area contributed by atoms with E-state index in [0.29, 0.717) is 30.9 Å². The molecule has 1 saturated carbocycles. The first-order chi connectivity index (χ1) is 19.4. The van der Waals surface area contributed by atoms with Gasteiger partial charge in [0.1, 0.15) is 0 Å². The van der Waals surface area contributed by atoms with Gasteiger partial charge in [0.15, 0.2) is 0 Å². The Morgan fingerprint density at radius 1 is 1.12 bits per heavy atom. The molecular formula is C31H44N4O5. The summed E-state index contributed by atoms with van der Waals surface area (Å²) in [5.41, 5.74) is 2.52. The first kappa shape index (κ1) is 29.8. The number of carbonyl (C=O) groups excluding carboxylic acids is 3. The molecule has 218 valence electrons. The lowest BCUT2D eigenvalue weighted by atomic mass is 9.69. The van der Waals surface area contributed by atoms with Crippen LogP contribution in [-0.4, -0.2) is 66.5 Å². The molecule has 40 heavy (non-hydrogen) atoms. The number of hydrogen-bond acceptors (Lipinski definition) is 7. The molecule has 2 aromatic rings. The van der Waals surface area contributed by atoms with E-state index in [1.165, 1.54) is 12.7 Å². The van der Waals surface area contributed by atoms with Crippen LogP contribution in [0.1, 0.15) is 87.3 Å². The summed E-state index contributed by atoms with van der Waals surface area (Å²) in [6.07, 6.45) is 12.5. The van der Waals surface area contributed by atoms with Gasteiger partial charge in [-0.1, -0.05) is 25.3 Å². The number of esters is 1. The second-order valence-corrected chi connectivity index (χ2v) is 11.4. The Morgan fingerprint density at radius 3 is 2.60 bits per heavy atom. The van der Waals surface area contributed by atoms with Gasteiger partial charge in [-0.15, -0.1) is 0 Å². The predicted molar refractivity (Wildman–Crippen MR) is 153 cm³/mol. The van der Waals surface area contributed by atoms with Gasteiger partial charge >= 0.3 is 5.97 Å². The molecule has 4 rings (SSSR count). The van der Waals surface area contributed by atoms with Crippen LogP contribution >= 0.6 is 0 Å². The van der Waals surface area contributed by atoms with E-state index in [9.17, 15) is 14.4 Å². The van der Waals surface area contributed by atoms with Crippen LogP contribution in [0.5, 0.6) is 0 Å². The van der Waals surface area contributed by atoms with E-state index in [4.69, 9.17) is 9.15 Å². The van der Waals surface area contributed by atoms with Crippen molar-refractivity contribution in [1.29, 1.82) is 0 Å². The van der Waals surface area contributed by atoms with Crippen LogP contribution < -0.4 is 10.6 Å². The number of aromatic nitrogens is 1. The van der Waals surface area contributed by atoms with Crippen molar-refractivity contribution < 1.29 is 23.5 Å². The third-order valence-electron chi connectivity index (χ3n) is 8.35. The van der Waals surface area contributed by atoms with Crippen LogP contribution in [0.3, 0.4) is 0 Å². The zero-order valence-electron chi connectivity index (χ0n) is 24.0. The molecule has 0 spiro atoms. The Hall–Kier alpha value is -3.20. The fourth-order valence-electron chi connectivity index (χ4n) is 6.02. The number of aryl methyl sites for hydroxylation is 1. The number of nitrogens with one attached hydrogen (secondary N) is 2. The quantitative estimate of drug-likeness (QED) is 0.369. The lowest BCUT2D eigenvalue weighted by molar-refractivity contribution is -0.143. The zero-order chi connectivity index (χ0) is 28.4. The average Bonchev–Trinajstić information content (AvgIpc) is 3.44. The largest absolute Gasteiger partial charge is 0.466 e. The van der Waals surface area contributed by atoms with E-state index in [-0.39, 0.29) is 35.7 Å². The monoisotopic (exact) mass is 552 g/mol. The summed E-state index contributed by atoms with van der Waals surface area (Å²) in [7, 11) is 0. The van der Waals surface area contributed by atoms with Crippen LogP contribution in [0, 0.1) is 12.3 Å². The summed E-state index contributed by atoms with van der Waals surface area (Å²) in [6.45, 7) is 7.23. The summed E-state index contributed by atoms with van der Waals surface area (Å²) >= 11 is 0. The van der Waals surface area contributed by atoms with Crippen LogP contribution in [0.15, 0.2) is 35.1 Å². The summed E-state index contributed by atoms with van der Waals surface area (Å²) in [5.74, 6) is -0.136. The number of pyridine rings is 1. The van der Waals surface area contributed by atoms with Crippen LogP contribution in [-0.2, 0) is 14.3 Å². The summed E-state index contributed by atoms with van der Waals surface area (Å²) in [4.78, 5) is 44.3. The minimum Gasteiger partial charge on any atom is -0.466 e. The fourth-order valence-corrected chi connectivity index (χ4v) is 6.02. The van der Waals surface area contributed by atoms with Crippen molar-refractivity contribution in [3.05, 3.63) is 42.0 Å². The Morgan fingerprint density at radius 2 is 1.90 bits per heavy atom. The van der Waals surface area contributed by atoms with Gasteiger partial charge in [-0.25, -0.2) is 0 Å². The van der Waals surface area contributed by atoms with Gasteiger partial charge in [-0.3, -0.25) is 19.4 Å². The molecule has 1 saturated heterocycles. The lowest BCUT2D eigenvalue weighted by Crippen LogP contribution is -2.46. The normalized spacial score (nSPS) is 17.8. The molecule has 2 N–H and O–H groups in total. The van der Waals surface area contributed by atoms with Crippen LogP contribution in [0.4, 0.5) is 0 Å². The number of rotatable bonds is 12. The van der Waals surface area contributed by atoms with E-state index in [1.807, 2.05) is 19.1 Å². The van der Waals surface area contributed by atoms with Gasteiger partial charge < -0.3 is 24.7 Å². The number of amides is 2.